The highest BCUT2D eigenvalue weighted by molar-refractivity contribution is 5.91. The van der Waals surface area contributed by atoms with E-state index in [4.69, 9.17) is 24.1 Å². The van der Waals surface area contributed by atoms with Crippen molar-refractivity contribution in [2.75, 3.05) is 26.4 Å². The third kappa shape index (κ3) is 6.39. The molecule has 1 aromatic rings. The van der Waals surface area contributed by atoms with Gasteiger partial charge >= 0.3 is 5.97 Å². The molecule has 1 N–H and O–H groups in total. The van der Waals surface area contributed by atoms with E-state index in [2.05, 4.69) is 0 Å². The van der Waals surface area contributed by atoms with Crippen LogP contribution in [-0.4, -0.2) is 55.2 Å². The molecule has 0 saturated carbocycles. The quantitative estimate of drug-likeness (QED) is 0.411. The lowest BCUT2D eigenvalue weighted by atomic mass is 9.89. The Kier molecular flexibility index (Phi) is 8.42. The van der Waals surface area contributed by atoms with Gasteiger partial charge in [-0.05, 0) is 31.1 Å². The minimum atomic E-state index is -0.753. The first-order valence-electron chi connectivity index (χ1n) is 10.6. The molecule has 2 aliphatic heterocycles. The molecule has 7 nitrogen and oxygen atoms in total. The fourth-order valence-corrected chi connectivity index (χ4v) is 3.94. The monoisotopic (exact) mass is 418 g/mol. The highest BCUT2D eigenvalue weighted by atomic mass is 16.8. The summed E-state index contributed by atoms with van der Waals surface area (Å²) in [4.78, 5) is 22.8. The number of rotatable bonds is 12. The van der Waals surface area contributed by atoms with E-state index < -0.39 is 11.8 Å². The molecule has 2 saturated heterocycles. The topological polar surface area (TPSA) is 91.3 Å². The lowest BCUT2D eigenvalue weighted by molar-refractivity contribution is -0.180. The second-order valence-corrected chi connectivity index (χ2v) is 7.66. The summed E-state index contributed by atoms with van der Waals surface area (Å²) < 4.78 is 23.2. The summed E-state index contributed by atoms with van der Waals surface area (Å²) >= 11 is 0. The van der Waals surface area contributed by atoms with Gasteiger partial charge in [0.2, 0.25) is 0 Å². The van der Waals surface area contributed by atoms with E-state index in [1.54, 1.807) is 6.08 Å². The molecule has 0 amide bonds. The van der Waals surface area contributed by atoms with Crippen molar-refractivity contribution in [3.05, 3.63) is 42.5 Å². The van der Waals surface area contributed by atoms with Crippen LogP contribution in [0.25, 0.3) is 0 Å². The number of unbranched alkanes of at least 4 members (excludes halogenated alkanes) is 3. The van der Waals surface area contributed by atoms with Gasteiger partial charge in [-0.2, -0.15) is 0 Å². The van der Waals surface area contributed by atoms with Crippen LogP contribution < -0.4 is 4.74 Å². The smallest absolute Gasteiger partial charge is 0.303 e. The van der Waals surface area contributed by atoms with E-state index in [9.17, 15) is 9.59 Å². The Morgan fingerprint density at radius 2 is 1.83 bits per heavy atom. The van der Waals surface area contributed by atoms with Crippen molar-refractivity contribution in [1.29, 1.82) is 0 Å². The lowest BCUT2D eigenvalue weighted by Gasteiger charge is -2.29. The van der Waals surface area contributed by atoms with E-state index in [-0.39, 0.29) is 30.8 Å². The van der Waals surface area contributed by atoms with Crippen LogP contribution in [0.5, 0.6) is 5.75 Å². The molecule has 2 unspecified atom stereocenters. The van der Waals surface area contributed by atoms with Gasteiger partial charge in [-0.15, -0.1) is 0 Å². The Morgan fingerprint density at radius 3 is 2.57 bits per heavy atom. The largest absolute Gasteiger partial charge is 0.485 e. The number of hydrogen-bond donors (Lipinski definition) is 1. The molecule has 30 heavy (non-hydrogen) atoms. The van der Waals surface area contributed by atoms with Gasteiger partial charge in [-0.25, -0.2) is 0 Å². The number of para-hydroxylation sites is 1. The van der Waals surface area contributed by atoms with E-state index in [0.29, 0.717) is 32.0 Å². The van der Waals surface area contributed by atoms with Crippen LogP contribution in [0.1, 0.15) is 38.5 Å². The van der Waals surface area contributed by atoms with Gasteiger partial charge in [0.25, 0.3) is 0 Å². The summed E-state index contributed by atoms with van der Waals surface area (Å²) in [5.74, 6) is -0.969. The zero-order chi connectivity index (χ0) is 21.2. The van der Waals surface area contributed by atoms with Crippen LogP contribution in [0.2, 0.25) is 0 Å². The van der Waals surface area contributed by atoms with Gasteiger partial charge in [-0.3, -0.25) is 9.59 Å². The molecule has 1 aromatic carbocycles. The van der Waals surface area contributed by atoms with Crippen LogP contribution in [0.3, 0.4) is 0 Å². The number of ketones is 1. The molecule has 164 valence electrons. The molecule has 0 radical (unpaired) electrons. The average molecular weight is 418 g/mol. The van der Waals surface area contributed by atoms with Gasteiger partial charge in [0.1, 0.15) is 12.4 Å². The number of carboxylic acid groups (broad SMARTS) is 1. The summed E-state index contributed by atoms with van der Waals surface area (Å²) in [5.41, 5.74) is 0. The average Bonchev–Trinajstić information content (AvgIpc) is 3.36. The third-order valence-electron chi connectivity index (χ3n) is 5.47. The van der Waals surface area contributed by atoms with Crippen LogP contribution in [0, 0.1) is 5.92 Å². The zero-order valence-electron chi connectivity index (χ0n) is 17.2. The van der Waals surface area contributed by atoms with E-state index in [1.165, 1.54) is 6.08 Å². The number of hydrogen-bond acceptors (Lipinski definition) is 6. The first-order chi connectivity index (χ1) is 14.6. The predicted octanol–water partition coefficient (Wildman–Crippen LogP) is 3.37. The third-order valence-corrected chi connectivity index (χ3v) is 5.47. The Morgan fingerprint density at radius 1 is 1.10 bits per heavy atom. The standard InChI is InChI=1S/C23H30O7/c24-18(16-27-19-8-4-3-5-9-19)12-13-21-20(10-6-1-2-7-11-22(25)26)23(17-28-21)29-14-15-30-23/h3-5,8-9,12-13,20-21H,1-2,6-7,10-11,14-17H2,(H,25,26). The Bertz CT molecular complexity index is 710. The number of carbonyl (C=O) groups is 2. The van der Waals surface area contributed by atoms with Crippen molar-refractivity contribution >= 4 is 11.8 Å². The van der Waals surface area contributed by atoms with Gasteiger partial charge in [0, 0.05) is 12.3 Å². The van der Waals surface area contributed by atoms with Gasteiger partial charge in [0.05, 0.1) is 19.3 Å². The molecule has 2 fully saturated rings. The molecule has 7 heteroatoms. The Hall–Kier alpha value is -2.22. The first-order valence-corrected chi connectivity index (χ1v) is 10.6. The fourth-order valence-electron chi connectivity index (χ4n) is 3.94. The van der Waals surface area contributed by atoms with Gasteiger partial charge in [0.15, 0.2) is 18.2 Å². The molecule has 0 aliphatic carbocycles. The minimum Gasteiger partial charge on any atom is -0.485 e. The summed E-state index contributed by atoms with van der Waals surface area (Å²) in [6.07, 6.45) is 7.52. The summed E-state index contributed by atoms with van der Waals surface area (Å²) in [6.45, 7) is 1.40. The maximum absolute atomic E-state index is 12.2. The molecule has 3 rings (SSSR count). The summed E-state index contributed by atoms with van der Waals surface area (Å²) in [7, 11) is 0. The second kappa shape index (κ2) is 11.2. The van der Waals surface area contributed by atoms with Crippen molar-refractivity contribution in [3.63, 3.8) is 0 Å². The second-order valence-electron chi connectivity index (χ2n) is 7.66. The van der Waals surface area contributed by atoms with Crippen LogP contribution in [0.15, 0.2) is 42.5 Å². The molecule has 0 aromatic heterocycles. The number of ether oxygens (including phenoxy) is 4. The predicted molar refractivity (Wildman–Crippen MR) is 109 cm³/mol. The van der Waals surface area contributed by atoms with Crippen molar-refractivity contribution in [1.82, 2.24) is 0 Å². The molecular weight excluding hydrogens is 388 g/mol. The SMILES string of the molecule is O=C(O)CCCCCCC1C(C=CC(=O)COc2ccccc2)OCC12OCCO2. The van der Waals surface area contributed by atoms with Crippen molar-refractivity contribution in [3.8, 4) is 5.75 Å². The van der Waals surface area contributed by atoms with Crippen LogP contribution >= 0.6 is 0 Å². The molecule has 2 aliphatic rings. The number of benzene rings is 1. The van der Waals surface area contributed by atoms with Crippen molar-refractivity contribution < 1.29 is 33.6 Å². The van der Waals surface area contributed by atoms with Gasteiger partial charge in [-0.1, -0.05) is 43.5 Å². The first kappa shape index (κ1) is 22.5. The maximum atomic E-state index is 12.2. The molecule has 1 spiro atoms. The highest BCUT2D eigenvalue weighted by Crippen LogP contribution is 2.41. The van der Waals surface area contributed by atoms with Crippen molar-refractivity contribution in [2.24, 2.45) is 5.92 Å². The van der Waals surface area contributed by atoms with E-state index in [1.807, 2.05) is 30.3 Å². The lowest BCUT2D eigenvalue weighted by Crippen LogP contribution is -2.40. The number of aliphatic carboxylic acids is 1. The minimum absolute atomic E-state index is 0.00133. The normalized spacial score (nSPS) is 22.7. The number of carboxylic acids is 1. The Balaban J connectivity index is 1.49. The van der Waals surface area contributed by atoms with E-state index in [0.717, 1.165) is 25.7 Å². The van der Waals surface area contributed by atoms with E-state index >= 15 is 0 Å². The zero-order valence-corrected chi connectivity index (χ0v) is 17.2. The fraction of sp³-hybridized carbons (Fsp3) is 0.565. The molecule has 2 heterocycles. The molecule has 0 bridgehead atoms. The highest BCUT2D eigenvalue weighted by Gasteiger charge is 2.52. The molecule has 2 atom stereocenters. The summed E-state index contributed by atoms with van der Waals surface area (Å²) in [5, 5.41) is 8.73. The Labute approximate surface area is 177 Å². The maximum Gasteiger partial charge on any atom is 0.303 e. The van der Waals surface area contributed by atoms with Crippen LogP contribution in [0.4, 0.5) is 0 Å². The van der Waals surface area contributed by atoms with Crippen molar-refractivity contribution in [2.45, 2.75) is 50.4 Å². The van der Waals surface area contributed by atoms with Gasteiger partial charge < -0.3 is 24.1 Å². The summed E-state index contributed by atoms with van der Waals surface area (Å²) in [6, 6.07) is 9.22. The van der Waals surface area contributed by atoms with Crippen LogP contribution in [-0.2, 0) is 23.8 Å². The number of carbonyl (C=O) groups excluding carboxylic acids is 1. The molecular formula is C23H30O7.